The van der Waals surface area contributed by atoms with Crippen LogP contribution < -0.4 is 10.5 Å². The number of hydrogen-bond donors (Lipinski definition) is 2. The largest absolute Gasteiger partial charge is 0.382 e. The predicted octanol–water partition coefficient (Wildman–Crippen LogP) is 1.75. The number of sulfonamides is 1. The third-order valence-corrected chi connectivity index (χ3v) is 4.47. The van der Waals surface area contributed by atoms with Gasteiger partial charge in [-0.15, -0.1) is 0 Å². The quantitative estimate of drug-likeness (QED) is 0.684. The highest BCUT2D eigenvalue weighted by atomic mass is 79.9. The first-order valence-electron chi connectivity index (χ1n) is 6.17. The molecule has 0 amide bonds. The van der Waals surface area contributed by atoms with Crippen molar-refractivity contribution in [2.45, 2.75) is 24.8 Å². The molecule has 0 bridgehead atoms. The number of nitrogens with two attached hydrogens (primary N) is 1. The lowest BCUT2D eigenvalue weighted by atomic mass is 10.2. The highest BCUT2D eigenvalue weighted by Crippen LogP contribution is 2.23. The Morgan fingerprint density at radius 1 is 1.45 bits per heavy atom. The third-order valence-electron chi connectivity index (χ3n) is 2.55. The van der Waals surface area contributed by atoms with Crippen molar-refractivity contribution in [2.75, 3.05) is 19.8 Å². The first-order valence-corrected chi connectivity index (χ1v) is 8.45. The van der Waals surface area contributed by atoms with E-state index in [9.17, 15) is 12.8 Å². The minimum absolute atomic E-state index is 0.0713. The second kappa shape index (κ2) is 8.04. The van der Waals surface area contributed by atoms with Crippen LogP contribution in [0.3, 0.4) is 0 Å². The molecule has 0 aromatic heterocycles. The summed E-state index contributed by atoms with van der Waals surface area (Å²) in [6.45, 7) is 3.00. The number of nitrogens with one attached hydrogen (secondary N) is 1. The Morgan fingerprint density at radius 2 is 2.15 bits per heavy atom. The molecule has 3 N–H and O–H groups in total. The van der Waals surface area contributed by atoms with E-state index < -0.39 is 20.7 Å². The number of rotatable bonds is 8. The minimum Gasteiger partial charge on any atom is -0.382 e. The third kappa shape index (κ3) is 4.78. The first kappa shape index (κ1) is 17.5. The highest BCUT2D eigenvalue weighted by molar-refractivity contribution is 9.10. The molecule has 8 heteroatoms. The minimum atomic E-state index is -3.90. The van der Waals surface area contributed by atoms with E-state index in [0.29, 0.717) is 24.1 Å². The van der Waals surface area contributed by atoms with Crippen LogP contribution >= 0.6 is 15.9 Å². The van der Waals surface area contributed by atoms with Gasteiger partial charge >= 0.3 is 0 Å². The number of benzene rings is 1. The van der Waals surface area contributed by atoms with E-state index in [4.69, 9.17) is 10.5 Å². The predicted molar refractivity (Wildman–Crippen MR) is 78.3 cm³/mol. The van der Waals surface area contributed by atoms with Crippen molar-refractivity contribution in [3.05, 3.63) is 28.0 Å². The van der Waals surface area contributed by atoms with E-state index in [2.05, 4.69) is 20.7 Å². The monoisotopic (exact) mass is 368 g/mol. The van der Waals surface area contributed by atoms with Gasteiger partial charge in [-0.3, -0.25) is 0 Å². The van der Waals surface area contributed by atoms with Crippen molar-refractivity contribution >= 4 is 26.0 Å². The van der Waals surface area contributed by atoms with Crippen LogP contribution in [-0.2, 0) is 21.3 Å². The molecule has 0 aliphatic rings. The normalized spacial score (nSPS) is 11.8. The fraction of sp³-hybridized carbons (Fsp3) is 0.500. The Hall–Kier alpha value is -0.540. The van der Waals surface area contributed by atoms with Gasteiger partial charge in [-0.1, -0.05) is 15.9 Å². The van der Waals surface area contributed by atoms with E-state index in [1.807, 2.05) is 6.92 Å². The van der Waals surface area contributed by atoms with Crippen molar-refractivity contribution in [2.24, 2.45) is 5.73 Å². The Morgan fingerprint density at radius 3 is 2.75 bits per heavy atom. The van der Waals surface area contributed by atoms with Gasteiger partial charge in [0.15, 0.2) is 0 Å². The number of halogens is 2. The number of ether oxygens (including phenoxy) is 1. The second-order valence-electron chi connectivity index (χ2n) is 4.03. The lowest BCUT2D eigenvalue weighted by molar-refractivity contribution is 0.146. The fourth-order valence-corrected chi connectivity index (χ4v) is 3.44. The maximum atomic E-state index is 14.0. The lowest BCUT2D eigenvalue weighted by Gasteiger charge is -2.10. The summed E-state index contributed by atoms with van der Waals surface area (Å²) in [7, 11) is -3.90. The molecular weight excluding hydrogens is 351 g/mol. The van der Waals surface area contributed by atoms with Crippen LogP contribution in [0, 0.1) is 5.82 Å². The zero-order valence-corrected chi connectivity index (χ0v) is 13.6. The Bertz CT molecular complexity index is 552. The zero-order valence-electron chi connectivity index (χ0n) is 11.2. The Labute approximate surface area is 126 Å². The topological polar surface area (TPSA) is 81.4 Å². The first-order chi connectivity index (χ1) is 9.42. The van der Waals surface area contributed by atoms with Gasteiger partial charge in [0.1, 0.15) is 10.7 Å². The molecule has 20 heavy (non-hydrogen) atoms. The summed E-state index contributed by atoms with van der Waals surface area (Å²) in [6, 6.07) is 2.68. The molecule has 1 aromatic carbocycles. The van der Waals surface area contributed by atoms with Crippen molar-refractivity contribution in [1.29, 1.82) is 0 Å². The van der Waals surface area contributed by atoms with Crippen molar-refractivity contribution in [3.63, 3.8) is 0 Å². The SMILES string of the molecule is CCOCCCNS(=O)(=O)c1cc(Br)cc(CN)c1F. The van der Waals surface area contributed by atoms with Gasteiger partial charge in [-0.2, -0.15) is 0 Å². The van der Waals surface area contributed by atoms with Crippen LogP contribution in [0.1, 0.15) is 18.9 Å². The molecule has 0 saturated heterocycles. The molecule has 1 rings (SSSR count). The Kier molecular flexibility index (Phi) is 7.04. The molecule has 0 aliphatic heterocycles. The molecule has 114 valence electrons. The summed E-state index contributed by atoms with van der Waals surface area (Å²) >= 11 is 3.15. The van der Waals surface area contributed by atoms with Crippen molar-refractivity contribution in [1.82, 2.24) is 4.72 Å². The highest BCUT2D eigenvalue weighted by Gasteiger charge is 2.21. The smallest absolute Gasteiger partial charge is 0.243 e. The molecule has 1 aromatic rings. The molecule has 0 radical (unpaired) electrons. The average Bonchev–Trinajstić information content (AvgIpc) is 2.40. The molecule has 0 unspecified atom stereocenters. The summed E-state index contributed by atoms with van der Waals surface area (Å²) < 4.78 is 46.0. The van der Waals surface area contributed by atoms with Crippen LogP contribution in [0.25, 0.3) is 0 Å². The Balaban J connectivity index is 2.84. The van der Waals surface area contributed by atoms with Gasteiger partial charge in [0.05, 0.1) is 0 Å². The second-order valence-corrected chi connectivity index (χ2v) is 6.68. The molecule has 0 atom stereocenters. The number of hydrogen-bond acceptors (Lipinski definition) is 4. The van der Waals surface area contributed by atoms with Crippen LogP contribution in [0.15, 0.2) is 21.5 Å². The average molecular weight is 369 g/mol. The molecule has 0 heterocycles. The fourth-order valence-electron chi connectivity index (χ4n) is 1.57. The summed E-state index contributed by atoms with van der Waals surface area (Å²) in [4.78, 5) is -0.399. The van der Waals surface area contributed by atoms with E-state index >= 15 is 0 Å². The van der Waals surface area contributed by atoms with E-state index in [1.165, 1.54) is 12.1 Å². The zero-order chi connectivity index (χ0) is 15.2. The van der Waals surface area contributed by atoms with E-state index in [1.54, 1.807) is 0 Å². The molecular formula is C12H18BrFN2O3S. The van der Waals surface area contributed by atoms with E-state index in [0.717, 1.165) is 0 Å². The molecule has 5 nitrogen and oxygen atoms in total. The summed E-state index contributed by atoms with van der Waals surface area (Å²) in [5, 5.41) is 0. The van der Waals surface area contributed by atoms with Gasteiger partial charge < -0.3 is 10.5 Å². The van der Waals surface area contributed by atoms with Crippen LogP contribution in [0.2, 0.25) is 0 Å². The summed E-state index contributed by atoms with van der Waals surface area (Å²) in [6.07, 6.45) is 0.520. The molecule has 0 saturated carbocycles. The van der Waals surface area contributed by atoms with Gasteiger partial charge in [0, 0.05) is 36.3 Å². The van der Waals surface area contributed by atoms with Gasteiger partial charge in [-0.25, -0.2) is 17.5 Å². The molecule has 0 fully saturated rings. The van der Waals surface area contributed by atoms with Crippen molar-refractivity contribution < 1.29 is 17.5 Å². The lowest BCUT2D eigenvalue weighted by Crippen LogP contribution is -2.27. The standard InChI is InChI=1S/C12H18BrFN2O3S/c1-2-19-5-3-4-16-20(17,18)11-7-10(13)6-9(8-15)12(11)14/h6-7,16H,2-5,8,15H2,1H3. The van der Waals surface area contributed by atoms with Crippen LogP contribution in [-0.4, -0.2) is 28.2 Å². The molecule has 0 aliphatic carbocycles. The van der Waals surface area contributed by atoms with Crippen LogP contribution in [0.5, 0.6) is 0 Å². The van der Waals surface area contributed by atoms with E-state index in [-0.39, 0.29) is 18.7 Å². The van der Waals surface area contributed by atoms with Crippen molar-refractivity contribution in [3.8, 4) is 0 Å². The molecule has 0 spiro atoms. The van der Waals surface area contributed by atoms with Gasteiger partial charge in [-0.05, 0) is 25.5 Å². The maximum Gasteiger partial charge on any atom is 0.243 e. The van der Waals surface area contributed by atoms with Crippen LogP contribution in [0.4, 0.5) is 4.39 Å². The van der Waals surface area contributed by atoms with Gasteiger partial charge in [0.2, 0.25) is 10.0 Å². The maximum absolute atomic E-state index is 14.0. The summed E-state index contributed by atoms with van der Waals surface area (Å²) in [5.41, 5.74) is 5.54. The summed E-state index contributed by atoms with van der Waals surface area (Å²) in [5.74, 6) is -0.812. The van der Waals surface area contributed by atoms with Gasteiger partial charge in [0.25, 0.3) is 0 Å².